The number of hydrogen-bond donors (Lipinski definition) is 2. The average molecular weight is 396 g/mol. The van der Waals surface area contributed by atoms with Gasteiger partial charge in [-0.15, -0.1) is 11.3 Å². The molecule has 2 amide bonds. The molecule has 0 aliphatic heterocycles. The molecule has 0 fully saturated rings. The summed E-state index contributed by atoms with van der Waals surface area (Å²) < 4.78 is 11.1. The van der Waals surface area contributed by atoms with Gasteiger partial charge in [-0.05, 0) is 47.8 Å². The lowest BCUT2D eigenvalue weighted by molar-refractivity contribution is -0.114. The van der Waals surface area contributed by atoms with Crippen LogP contribution in [0.25, 0.3) is 0 Å². The lowest BCUT2D eigenvalue weighted by atomic mass is 10.2. The first-order chi connectivity index (χ1) is 13.5. The van der Waals surface area contributed by atoms with Crippen LogP contribution < -0.4 is 20.1 Å². The summed E-state index contributed by atoms with van der Waals surface area (Å²) in [7, 11) is 1.52. The smallest absolute Gasteiger partial charge is 0.255 e. The maximum Gasteiger partial charge on any atom is 0.255 e. The summed E-state index contributed by atoms with van der Waals surface area (Å²) in [6.45, 7) is 1.87. The van der Waals surface area contributed by atoms with Crippen molar-refractivity contribution in [1.82, 2.24) is 0 Å². The number of benzene rings is 2. The van der Waals surface area contributed by atoms with Crippen LogP contribution in [0.3, 0.4) is 0 Å². The molecule has 3 rings (SSSR count). The second-order valence-electron chi connectivity index (χ2n) is 5.95. The number of ether oxygens (including phenoxy) is 2. The lowest BCUT2D eigenvalue weighted by Gasteiger charge is -2.13. The molecule has 28 heavy (non-hydrogen) atoms. The van der Waals surface area contributed by atoms with Gasteiger partial charge in [0.25, 0.3) is 5.91 Å². The van der Waals surface area contributed by atoms with Crippen LogP contribution in [0.2, 0.25) is 0 Å². The van der Waals surface area contributed by atoms with E-state index >= 15 is 0 Å². The largest absolute Gasteiger partial charge is 0.495 e. The van der Waals surface area contributed by atoms with Crippen LogP contribution in [0, 0.1) is 0 Å². The van der Waals surface area contributed by atoms with Gasteiger partial charge in [-0.25, -0.2) is 0 Å². The van der Waals surface area contributed by atoms with Crippen molar-refractivity contribution in [3.8, 4) is 11.5 Å². The Bertz CT molecular complexity index is 970. The fourth-order valence-electron chi connectivity index (χ4n) is 2.56. The van der Waals surface area contributed by atoms with Gasteiger partial charge in [0, 0.05) is 23.1 Å². The molecule has 0 aliphatic carbocycles. The molecule has 0 spiro atoms. The number of amides is 2. The average Bonchev–Trinajstić information content (AvgIpc) is 3.20. The van der Waals surface area contributed by atoms with Gasteiger partial charge in [-0.1, -0.05) is 12.1 Å². The normalized spacial score (nSPS) is 10.2. The first-order valence-electron chi connectivity index (χ1n) is 8.57. The highest BCUT2D eigenvalue weighted by Crippen LogP contribution is 2.28. The number of methoxy groups -OCH3 is 1. The highest BCUT2D eigenvalue weighted by atomic mass is 32.1. The van der Waals surface area contributed by atoms with E-state index in [4.69, 9.17) is 9.47 Å². The van der Waals surface area contributed by atoms with Crippen LogP contribution in [0.4, 0.5) is 11.4 Å². The number of hydrogen-bond acceptors (Lipinski definition) is 5. The summed E-state index contributed by atoms with van der Waals surface area (Å²) >= 11 is 1.62. The zero-order valence-corrected chi connectivity index (χ0v) is 16.3. The molecule has 7 heteroatoms. The van der Waals surface area contributed by atoms with Crippen molar-refractivity contribution >= 4 is 34.5 Å². The molecule has 1 aromatic heterocycles. The van der Waals surface area contributed by atoms with Gasteiger partial charge in [-0.2, -0.15) is 0 Å². The van der Waals surface area contributed by atoms with Crippen molar-refractivity contribution in [2.75, 3.05) is 17.7 Å². The lowest BCUT2D eigenvalue weighted by Crippen LogP contribution is -2.13. The van der Waals surface area contributed by atoms with E-state index in [1.807, 2.05) is 23.6 Å². The Morgan fingerprint density at radius 3 is 2.61 bits per heavy atom. The van der Waals surface area contributed by atoms with Gasteiger partial charge in [0.05, 0.1) is 12.8 Å². The predicted octanol–water partition coefficient (Wildman–Crippen LogP) is 4.55. The molecule has 2 aromatic carbocycles. The molecule has 0 atom stereocenters. The Hall–Kier alpha value is -3.32. The Balaban J connectivity index is 1.73. The minimum atomic E-state index is -0.306. The van der Waals surface area contributed by atoms with Gasteiger partial charge in [0.1, 0.15) is 18.1 Å². The number of carbonyl (C=O) groups excluding carboxylic acids is 2. The number of anilines is 2. The van der Waals surface area contributed by atoms with E-state index in [9.17, 15) is 9.59 Å². The van der Waals surface area contributed by atoms with Gasteiger partial charge in [-0.3, -0.25) is 9.59 Å². The second-order valence-corrected chi connectivity index (χ2v) is 6.98. The summed E-state index contributed by atoms with van der Waals surface area (Å²) in [4.78, 5) is 25.1. The summed E-state index contributed by atoms with van der Waals surface area (Å²) in [5, 5.41) is 7.49. The van der Waals surface area contributed by atoms with Gasteiger partial charge in [0.15, 0.2) is 0 Å². The molecule has 0 unspecified atom stereocenters. The summed E-state index contributed by atoms with van der Waals surface area (Å²) in [6, 6.07) is 16.0. The van der Waals surface area contributed by atoms with Crippen LogP contribution in [-0.4, -0.2) is 18.9 Å². The standard InChI is InChI=1S/C21H20N2O4S/c1-14(24)22-16-8-9-20(26-2)19(12-16)23-21(25)15-5-3-6-17(11-15)27-13-18-7-4-10-28-18/h3-12H,13H2,1-2H3,(H,22,24)(H,23,25). The maximum atomic E-state index is 12.7. The SMILES string of the molecule is COc1ccc(NC(C)=O)cc1NC(=O)c1cccc(OCc2cccs2)c1. The second kappa shape index (κ2) is 9.05. The summed E-state index contributed by atoms with van der Waals surface area (Å²) in [5.41, 5.74) is 1.48. The van der Waals surface area contributed by atoms with E-state index in [1.165, 1.54) is 14.0 Å². The molecule has 0 radical (unpaired) electrons. The Morgan fingerprint density at radius 1 is 1.04 bits per heavy atom. The van der Waals surface area contributed by atoms with E-state index in [-0.39, 0.29) is 11.8 Å². The minimum Gasteiger partial charge on any atom is -0.495 e. The van der Waals surface area contributed by atoms with E-state index in [1.54, 1.807) is 47.7 Å². The van der Waals surface area contributed by atoms with Crippen LogP contribution in [-0.2, 0) is 11.4 Å². The van der Waals surface area contributed by atoms with Crippen LogP contribution >= 0.6 is 11.3 Å². The number of nitrogens with one attached hydrogen (secondary N) is 2. The van der Waals surface area contributed by atoms with Gasteiger partial charge >= 0.3 is 0 Å². The molecule has 6 nitrogen and oxygen atoms in total. The molecule has 0 saturated heterocycles. The number of rotatable bonds is 7. The highest BCUT2D eigenvalue weighted by molar-refractivity contribution is 7.09. The Kier molecular flexibility index (Phi) is 6.29. The fourth-order valence-corrected chi connectivity index (χ4v) is 3.17. The van der Waals surface area contributed by atoms with Crippen molar-refractivity contribution in [3.05, 3.63) is 70.4 Å². The van der Waals surface area contributed by atoms with E-state index in [0.717, 1.165) is 4.88 Å². The third kappa shape index (κ3) is 5.11. The molecule has 0 bridgehead atoms. The molecule has 3 aromatic rings. The zero-order chi connectivity index (χ0) is 19.9. The maximum absolute atomic E-state index is 12.7. The highest BCUT2D eigenvalue weighted by Gasteiger charge is 2.12. The van der Waals surface area contributed by atoms with Crippen LogP contribution in [0.1, 0.15) is 22.2 Å². The Labute approximate surface area is 167 Å². The third-order valence-electron chi connectivity index (χ3n) is 3.83. The van der Waals surface area contributed by atoms with E-state index < -0.39 is 0 Å². The monoisotopic (exact) mass is 396 g/mol. The number of carbonyl (C=O) groups is 2. The van der Waals surface area contributed by atoms with Crippen molar-refractivity contribution in [2.24, 2.45) is 0 Å². The van der Waals surface area contributed by atoms with Crippen molar-refractivity contribution in [1.29, 1.82) is 0 Å². The molecule has 2 N–H and O–H groups in total. The predicted molar refractivity (Wildman–Crippen MR) is 110 cm³/mol. The van der Waals surface area contributed by atoms with Crippen LogP contribution in [0.5, 0.6) is 11.5 Å². The molecular formula is C21H20N2O4S. The molecule has 1 heterocycles. The van der Waals surface area contributed by atoms with Crippen molar-refractivity contribution in [3.63, 3.8) is 0 Å². The van der Waals surface area contributed by atoms with E-state index in [2.05, 4.69) is 10.6 Å². The topological polar surface area (TPSA) is 76.7 Å². The minimum absolute atomic E-state index is 0.196. The van der Waals surface area contributed by atoms with Crippen molar-refractivity contribution in [2.45, 2.75) is 13.5 Å². The zero-order valence-electron chi connectivity index (χ0n) is 15.5. The number of thiophene rings is 1. The molecular weight excluding hydrogens is 376 g/mol. The van der Waals surface area contributed by atoms with Gasteiger partial charge < -0.3 is 20.1 Å². The first-order valence-corrected chi connectivity index (χ1v) is 9.45. The third-order valence-corrected chi connectivity index (χ3v) is 4.68. The van der Waals surface area contributed by atoms with Crippen molar-refractivity contribution < 1.29 is 19.1 Å². The molecule has 0 aliphatic rings. The molecule has 0 saturated carbocycles. The van der Waals surface area contributed by atoms with E-state index in [0.29, 0.717) is 35.0 Å². The first kappa shape index (κ1) is 19.4. The van der Waals surface area contributed by atoms with Gasteiger partial charge in [0.2, 0.25) is 5.91 Å². The van der Waals surface area contributed by atoms with Crippen LogP contribution in [0.15, 0.2) is 60.0 Å². The summed E-state index contributed by atoms with van der Waals surface area (Å²) in [6.07, 6.45) is 0. The Morgan fingerprint density at radius 2 is 1.89 bits per heavy atom. The summed E-state index contributed by atoms with van der Waals surface area (Å²) in [5.74, 6) is 0.602. The quantitative estimate of drug-likeness (QED) is 0.614. The fraction of sp³-hybridized carbons (Fsp3) is 0.143. The molecule has 144 valence electrons.